The first-order valence-electron chi connectivity index (χ1n) is 6.15. The van der Waals surface area contributed by atoms with Gasteiger partial charge in [-0.15, -0.1) is 0 Å². The SMILES string of the molecule is CNC(=O)c1ccc(-c2cc(NC=O)cnc2C)cc1. The molecule has 1 aromatic heterocycles. The van der Waals surface area contributed by atoms with Gasteiger partial charge < -0.3 is 10.6 Å². The van der Waals surface area contributed by atoms with Crippen molar-refractivity contribution in [2.75, 3.05) is 12.4 Å². The second-order valence-electron chi connectivity index (χ2n) is 4.28. The predicted molar refractivity (Wildman–Crippen MR) is 77.5 cm³/mol. The van der Waals surface area contributed by atoms with Crippen LogP contribution in [0.4, 0.5) is 5.69 Å². The fourth-order valence-corrected chi connectivity index (χ4v) is 1.92. The summed E-state index contributed by atoms with van der Waals surface area (Å²) in [6, 6.07) is 9.09. The van der Waals surface area contributed by atoms with Crippen molar-refractivity contribution >= 4 is 18.0 Å². The number of anilines is 1. The number of pyridine rings is 1. The number of benzene rings is 1. The molecular formula is C15H15N3O2. The van der Waals surface area contributed by atoms with Crippen LogP contribution < -0.4 is 10.6 Å². The van der Waals surface area contributed by atoms with Crippen molar-refractivity contribution in [3.05, 3.63) is 47.8 Å². The summed E-state index contributed by atoms with van der Waals surface area (Å²) < 4.78 is 0. The van der Waals surface area contributed by atoms with E-state index in [9.17, 15) is 9.59 Å². The molecule has 0 aliphatic heterocycles. The van der Waals surface area contributed by atoms with E-state index in [-0.39, 0.29) is 5.91 Å². The average Bonchev–Trinajstić information content (AvgIpc) is 2.49. The van der Waals surface area contributed by atoms with E-state index in [0.717, 1.165) is 16.8 Å². The fourth-order valence-electron chi connectivity index (χ4n) is 1.92. The third-order valence-electron chi connectivity index (χ3n) is 3.00. The molecule has 5 heteroatoms. The maximum atomic E-state index is 11.5. The highest BCUT2D eigenvalue weighted by Gasteiger charge is 2.07. The zero-order chi connectivity index (χ0) is 14.5. The van der Waals surface area contributed by atoms with E-state index in [1.165, 1.54) is 0 Å². The lowest BCUT2D eigenvalue weighted by Crippen LogP contribution is -2.17. The Kier molecular flexibility index (Phi) is 4.10. The fraction of sp³-hybridized carbons (Fsp3) is 0.133. The van der Waals surface area contributed by atoms with Crippen LogP contribution in [-0.2, 0) is 4.79 Å². The van der Waals surface area contributed by atoms with E-state index in [1.54, 1.807) is 25.4 Å². The summed E-state index contributed by atoms with van der Waals surface area (Å²) in [6.07, 6.45) is 2.22. The molecule has 0 atom stereocenters. The van der Waals surface area contributed by atoms with Crippen molar-refractivity contribution in [3.8, 4) is 11.1 Å². The minimum absolute atomic E-state index is 0.122. The van der Waals surface area contributed by atoms with Crippen molar-refractivity contribution in [1.29, 1.82) is 0 Å². The summed E-state index contributed by atoms with van der Waals surface area (Å²) in [5.74, 6) is -0.122. The van der Waals surface area contributed by atoms with Gasteiger partial charge in [-0.05, 0) is 30.7 Å². The van der Waals surface area contributed by atoms with Crippen LogP contribution in [0, 0.1) is 6.92 Å². The van der Waals surface area contributed by atoms with E-state index in [2.05, 4.69) is 15.6 Å². The number of amides is 2. The van der Waals surface area contributed by atoms with Gasteiger partial charge in [-0.25, -0.2) is 0 Å². The largest absolute Gasteiger partial charge is 0.355 e. The van der Waals surface area contributed by atoms with Gasteiger partial charge in [0.25, 0.3) is 5.91 Å². The summed E-state index contributed by atoms with van der Waals surface area (Å²) >= 11 is 0. The average molecular weight is 269 g/mol. The molecule has 2 aromatic rings. The van der Waals surface area contributed by atoms with Crippen molar-refractivity contribution in [1.82, 2.24) is 10.3 Å². The Morgan fingerprint density at radius 1 is 1.25 bits per heavy atom. The van der Waals surface area contributed by atoms with Crippen LogP contribution in [0.25, 0.3) is 11.1 Å². The van der Waals surface area contributed by atoms with Gasteiger partial charge in [0, 0.05) is 23.9 Å². The Labute approximate surface area is 117 Å². The minimum Gasteiger partial charge on any atom is -0.355 e. The number of rotatable bonds is 4. The Morgan fingerprint density at radius 3 is 2.55 bits per heavy atom. The first-order chi connectivity index (χ1) is 9.65. The number of carbonyl (C=O) groups is 2. The van der Waals surface area contributed by atoms with Crippen LogP contribution in [0.15, 0.2) is 36.5 Å². The van der Waals surface area contributed by atoms with Crippen LogP contribution >= 0.6 is 0 Å². The molecule has 2 amide bonds. The van der Waals surface area contributed by atoms with E-state index in [4.69, 9.17) is 0 Å². The van der Waals surface area contributed by atoms with Crippen molar-refractivity contribution in [2.24, 2.45) is 0 Å². The standard InChI is InChI=1S/C15H15N3O2/c1-10-14(7-13(8-17-10)18-9-19)11-3-5-12(6-4-11)15(20)16-2/h3-9H,1-2H3,(H,16,20)(H,18,19). The van der Waals surface area contributed by atoms with Crippen LogP contribution in [0.3, 0.4) is 0 Å². The summed E-state index contributed by atoms with van der Waals surface area (Å²) in [6.45, 7) is 1.90. The van der Waals surface area contributed by atoms with Gasteiger partial charge in [-0.2, -0.15) is 0 Å². The third-order valence-corrected chi connectivity index (χ3v) is 3.00. The lowest BCUT2D eigenvalue weighted by molar-refractivity contribution is -0.105. The Bertz CT molecular complexity index is 636. The summed E-state index contributed by atoms with van der Waals surface area (Å²) in [5, 5.41) is 5.15. The van der Waals surface area contributed by atoms with Gasteiger partial charge >= 0.3 is 0 Å². The molecule has 2 rings (SSSR count). The van der Waals surface area contributed by atoms with Crippen LogP contribution in [0.5, 0.6) is 0 Å². The van der Waals surface area contributed by atoms with Gasteiger partial charge in [0.1, 0.15) is 0 Å². The highest BCUT2D eigenvalue weighted by atomic mass is 16.1. The number of carbonyl (C=O) groups excluding carboxylic acids is 2. The molecule has 1 heterocycles. The van der Waals surface area contributed by atoms with Crippen LogP contribution in [0.2, 0.25) is 0 Å². The Balaban J connectivity index is 2.38. The predicted octanol–water partition coefficient (Wildman–Crippen LogP) is 1.98. The smallest absolute Gasteiger partial charge is 0.251 e. The summed E-state index contributed by atoms with van der Waals surface area (Å²) in [4.78, 5) is 26.2. The van der Waals surface area contributed by atoms with E-state index < -0.39 is 0 Å². The number of aryl methyl sites for hydroxylation is 1. The molecule has 5 nitrogen and oxygen atoms in total. The zero-order valence-electron chi connectivity index (χ0n) is 11.3. The minimum atomic E-state index is -0.122. The summed E-state index contributed by atoms with van der Waals surface area (Å²) in [7, 11) is 1.60. The number of nitrogens with zero attached hydrogens (tertiary/aromatic N) is 1. The quantitative estimate of drug-likeness (QED) is 0.834. The maximum Gasteiger partial charge on any atom is 0.251 e. The maximum absolute atomic E-state index is 11.5. The molecule has 0 fully saturated rings. The van der Waals surface area contributed by atoms with Crippen molar-refractivity contribution in [3.63, 3.8) is 0 Å². The summed E-state index contributed by atoms with van der Waals surface area (Å²) in [5.41, 5.74) is 3.95. The van der Waals surface area contributed by atoms with Crippen molar-refractivity contribution in [2.45, 2.75) is 6.92 Å². The van der Waals surface area contributed by atoms with E-state index in [1.807, 2.05) is 25.1 Å². The Morgan fingerprint density at radius 2 is 1.95 bits per heavy atom. The van der Waals surface area contributed by atoms with Gasteiger partial charge in [-0.3, -0.25) is 14.6 Å². The molecule has 2 N–H and O–H groups in total. The van der Waals surface area contributed by atoms with E-state index >= 15 is 0 Å². The molecule has 0 unspecified atom stereocenters. The highest BCUT2D eigenvalue weighted by Crippen LogP contribution is 2.25. The molecule has 0 spiro atoms. The molecule has 0 saturated carbocycles. The Hall–Kier alpha value is -2.69. The van der Waals surface area contributed by atoms with Crippen LogP contribution in [-0.4, -0.2) is 24.3 Å². The first kappa shape index (κ1) is 13.7. The number of hydrogen-bond donors (Lipinski definition) is 2. The molecule has 0 aliphatic carbocycles. The number of hydrogen-bond acceptors (Lipinski definition) is 3. The van der Waals surface area contributed by atoms with Gasteiger partial charge in [-0.1, -0.05) is 12.1 Å². The second-order valence-corrected chi connectivity index (χ2v) is 4.28. The molecule has 102 valence electrons. The normalized spacial score (nSPS) is 9.90. The monoisotopic (exact) mass is 269 g/mol. The topological polar surface area (TPSA) is 71.1 Å². The van der Waals surface area contributed by atoms with Gasteiger partial charge in [0.15, 0.2) is 0 Å². The van der Waals surface area contributed by atoms with Gasteiger partial charge in [0.05, 0.1) is 11.9 Å². The molecule has 0 radical (unpaired) electrons. The molecular weight excluding hydrogens is 254 g/mol. The number of aromatic nitrogens is 1. The molecule has 20 heavy (non-hydrogen) atoms. The number of nitrogens with one attached hydrogen (secondary N) is 2. The first-order valence-corrected chi connectivity index (χ1v) is 6.15. The second kappa shape index (κ2) is 5.97. The zero-order valence-corrected chi connectivity index (χ0v) is 11.3. The molecule has 0 aliphatic rings. The third kappa shape index (κ3) is 2.83. The molecule has 1 aromatic carbocycles. The van der Waals surface area contributed by atoms with Crippen molar-refractivity contribution < 1.29 is 9.59 Å². The molecule has 0 saturated heterocycles. The highest BCUT2D eigenvalue weighted by molar-refractivity contribution is 5.94. The lowest BCUT2D eigenvalue weighted by Gasteiger charge is -2.08. The van der Waals surface area contributed by atoms with Gasteiger partial charge in [0.2, 0.25) is 6.41 Å². The van der Waals surface area contributed by atoms with E-state index in [0.29, 0.717) is 17.7 Å². The lowest BCUT2D eigenvalue weighted by atomic mass is 10.0. The van der Waals surface area contributed by atoms with Crippen LogP contribution in [0.1, 0.15) is 16.1 Å². The molecule has 0 bridgehead atoms.